The molecule has 12 heavy (non-hydrogen) atoms. The summed E-state index contributed by atoms with van der Waals surface area (Å²) in [4.78, 5) is 0. The van der Waals surface area contributed by atoms with Crippen LogP contribution in [-0.2, 0) is 0 Å². The van der Waals surface area contributed by atoms with Gasteiger partial charge in [-0.1, -0.05) is 30.7 Å². The largest absolute Gasteiger partial charge is 0.0805 e. The summed E-state index contributed by atoms with van der Waals surface area (Å²) >= 11 is 0. The van der Waals surface area contributed by atoms with Crippen LogP contribution in [-0.4, -0.2) is 0 Å². The second kappa shape index (κ2) is 2.04. The van der Waals surface area contributed by atoms with Crippen molar-refractivity contribution >= 4 is 0 Å². The van der Waals surface area contributed by atoms with E-state index in [0.29, 0.717) is 5.41 Å². The maximum atomic E-state index is 2.42. The Morgan fingerprint density at radius 3 is 3.25 bits per heavy atom. The summed E-state index contributed by atoms with van der Waals surface area (Å²) in [7, 11) is 0. The van der Waals surface area contributed by atoms with Crippen LogP contribution in [0.2, 0.25) is 0 Å². The second-order valence-corrected chi connectivity index (χ2v) is 4.89. The third-order valence-electron chi connectivity index (χ3n) is 4.03. The smallest absolute Gasteiger partial charge is 0.00134 e. The molecular formula is C12H16. The van der Waals surface area contributed by atoms with Gasteiger partial charge in [-0.25, -0.2) is 0 Å². The molecule has 0 saturated heterocycles. The molecule has 3 unspecified atom stereocenters. The molecule has 0 amide bonds. The Morgan fingerprint density at radius 1 is 1.42 bits per heavy atom. The first-order valence-corrected chi connectivity index (χ1v) is 5.19. The fourth-order valence-electron chi connectivity index (χ4n) is 3.25. The average Bonchev–Trinajstić information content (AvgIpc) is 2.74. The van der Waals surface area contributed by atoms with E-state index < -0.39 is 0 Å². The fraction of sp³-hybridized carbons (Fsp3) is 0.667. The molecule has 2 fully saturated rings. The van der Waals surface area contributed by atoms with Crippen LogP contribution in [0.5, 0.6) is 0 Å². The SMILES string of the molecule is CC1CCC2=CC=CC3CC23C1. The summed E-state index contributed by atoms with van der Waals surface area (Å²) in [5, 5.41) is 0. The predicted octanol–water partition coefficient (Wildman–Crippen LogP) is 3.31. The number of hydrogen-bond donors (Lipinski definition) is 0. The molecule has 0 nitrogen and oxygen atoms in total. The van der Waals surface area contributed by atoms with Crippen molar-refractivity contribution in [3.8, 4) is 0 Å². The Labute approximate surface area is 74.4 Å². The van der Waals surface area contributed by atoms with Crippen molar-refractivity contribution < 1.29 is 0 Å². The topological polar surface area (TPSA) is 0 Å². The number of allylic oxidation sites excluding steroid dienone is 4. The Kier molecular flexibility index (Phi) is 1.18. The molecule has 0 radical (unpaired) electrons. The lowest BCUT2D eigenvalue weighted by atomic mass is 9.73. The third-order valence-corrected chi connectivity index (χ3v) is 4.03. The highest BCUT2D eigenvalue weighted by molar-refractivity contribution is 5.38. The zero-order valence-electron chi connectivity index (χ0n) is 7.72. The molecular weight excluding hydrogens is 144 g/mol. The zero-order chi connectivity index (χ0) is 8.18. The van der Waals surface area contributed by atoms with Gasteiger partial charge in [0, 0.05) is 0 Å². The van der Waals surface area contributed by atoms with Gasteiger partial charge in [-0.05, 0) is 42.9 Å². The van der Waals surface area contributed by atoms with Gasteiger partial charge in [-0.2, -0.15) is 0 Å². The van der Waals surface area contributed by atoms with Crippen LogP contribution in [0.3, 0.4) is 0 Å². The molecule has 0 aromatic rings. The molecule has 3 aliphatic rings. The molecule has 0 heteroatoms. The van der Waals surface area contributed by atoms with Crippen LogP contribution in [0.25, 0.3) is 0 Å². The quantitative estimate of drug-likeness (QED) is 0.510. The van der Waals surface area contributed by atoms with Crippen LogP contribution in [0, 0.1) is 17.3 Å². The van der Waals surface area contributed by atoms with Crippen molar-refractivity contribution in [2.75, 3.05) is 0 Å². The van der Waals surface area contributed by atoms with Gasteiger partial charge in [0.15, 0.2) is 0 Å². The number of hydrogen-bond acceptors (Lipinski definition) is 0. The third kappa shape index (κ3) is 0.734. The molecule has 3 aliphatic carbocycles. The molecule has 2 saturated carbocycles. The highest BCUT2D eigenvalue weighted by Gasteiger charge is 2.56. The zero-order valence-corrected chi connectivity index (χ0v) is 7.72. The van der Waals surface area contributed by atoms with E-state index in [0.717, 1.165) is 11.8 Å². The Hall–Kier alpha value is -0.520. The standard InChI is InChI=1S/C12H16/c1-9-5-6-10-3-2-4-11-8-12(10,11)7-9/h2-4,9,11H,5-8H2,1H3. The lowest BCUT2D eigenvalue weighted by Gasteiger charge is -2.31. The van der Waals surface area contributed by atoms with Gasteiger partial charge in [0.05, 0.1) is 0 Å². The van der Waals surface area contributed by atoms with E-state index in [1.54, 1.807) is 5.57 Å². The average molecular weight is 160 g/mol. The van der Waals surface area contributed by atoms with Crippen molar-refractivity contribution in [3.63, 3.8) is 0 Å². The monoisotopic (exact) mass is 160 g/mol. The fourth-order valence-corrected chi connectivity index (χ4v) is 3.25. The summed E-state index contributed by atoms with van der Waals surface area (Å²) in [5.41, 5.74) is 2.46. The molecule has 0 bridgehead atoms. The van der Waals surface area contributed by atoms with E-state index >= 15 is 0 Å². The number of rotatable bonds is 0. The molecule has 1 spiro atoms. The minimum absolute atomic E-state index is 0.687. The van der Waals surface area contributed by atoms with Crippen molar-refractivity contribution in [1.82, 2.24) is 0 Å². The van der Waals surface area contributed by atoms with Gasteiger partial charge >= 0.3 is 0 Å². The minimum Gasteiger partial charge on any atom is -0.0805 e. The minimum atomic E-state index is 0.687. The van der Waals surface area contributed by atoms with E-state index in [9.17, 15) is 0 Å². The van der Waals surface area contributed by atoms with Crippen molar-refractivity contribution in [3.05, 3.63) is 23.8 Å². The van der Waals surface area contributed by atoms with E-state index in [-0.39, 0.29) is 0 Å². The Bertz CT molecular complexity index is 272. The maximum Gasteiger partial charge on any atom is -0.00134 e. The highest BCUT2D eigenvalue weighted by atomic mass is 14.6. The summed E-state index contributed by atoms with van der Waals surface area (Å²) in [6, 6.07) is 0. The first-order valence-electron chi connectivity index (χ1n) is 5.19. The Balaban J connectivity index is 1.96. The van der Waals surface area contributed by atoms with Crippen molar-refractivity contribution in [2.24, 2.45) is 17.3 Å². The van der Waals surface area contributed by atoms with Gasteiger partial charge in [0.1, 0.15) is 0 Å². The Morgan fingerprint density at radius 2 is 2.33 bits per heavy atom. The summed E-state index contributed by atoms with van der Waals surface area (Å²) < 4.78 is 0. The first-order chi connectivity index (χ1) is 5.81. The molecule has 0 aromatic carbocycles. The first kappa shape index (κ1) is 6.94. The van der Waals surface area contributed by atoms with Gasteiger partial charge in [0.2, 0.25) is 0 Å². The molecule has 0 aromatic heterocycles. The second-order valence-electron chi connectivity index (χ2n) is 4.89. The molecule has 0 N–H and O–H groups in total. The van der Waals surface area contributed by atoms with Gasteiger partial charge < -0.3 is 0 Å². The van der Waals surface area contributed by atoms with Gasteiger partial charge in [-0.15, -0.1) is 0 Å². The van der Waals surface area contributed by atoms with Crippen molar-refractivity contribution in [1.29, 1.82) is 0 Å². The molecule has 3 rings (SSSR count). The van der Waals surface area contributed by atoms with E-state index in [1.165, 1.54) is 25.7 Å². The van der Waals surface area contributed by atoms with Crippen LogP contribution in [0.15, 0.2) is 23.8 Å². The normalized spacial score (nSPS) is 49.2. The van der Waals surface area contributed by atoms with E-state index in [2.05, 4.69) is 25.2 Å². The van der Waals surface area contributed by atoms with Gasteiger partial charge in [0.25, 0.3) is 0 Å². The van der Waals surface area contributed by atoms with Crippen LogP contribution in [0.1, 0.15) is 32.6 Å². The van der Waals surface area contributed by atoms with Gasteiger partial charge in [-0.3, -0.25) is 0 Å². The molecule has 3 atom stereocenters. The van der Waals surface area contributed by atoms with Crippen LogP contribution >= 0.6 is 0 Å². The van der Waals surface area contributed by atoms with E-state index in [4.69, 9.17) is 0 Å². The summed E-state index contributed by atoms with van der Waals surface area (Å²) in [6.45, 7) is 2.42. The summed E-state index contributed by atoms with van der Waals surface area (Å²) in [6.07, 6.45) is 12.8. The highest BCUT2D eigenvalue weighted by Crippen LogP contribution is 2.66. The molecule has 0 aliphatic heterocycles. The van der Waals surface area contributed by atoms with E-state index in [1.807, 2.05) is 0 Å². The summed E-state index contributed by atoms with van der Waals surface area (Å²) in [5.74, 6) is 1.90. The molecule has 64 valence electrons. The van der Waals surface area contributed by atoms with Crippen LogP contribution in [0.4, 0.5) is 0 Å². The molecule has 0 heterocycles. The van der Waals surface area contributed by atoms with Crippen LogP contribution < -0.4 is 0 Å². The predicted molar refractivity (Wildman–Crippen MR) is 50.8 cm³/mol. The van der Waals surface area contributed by atoms with Crippen molar-refractivity contribution in [2.45, 2.75) is 32.6 Å². The maximum absolute atomic E-state index is 2.42. The lowest BCUT2D eigenvalue weighted by molar-refractivity contribution is 0.324. The lowest BCUT2D eigenvalue weighted by Crippen LogP contribution is -2.20.